The van der Waals surface area contributed by atoms with Crippen LogP contribution in [-0.4, -0.2) is 32.5 Å². The summed E-state index contributed by atoms with van der Waals surface area (Å²) in [7, 11) is 0. The Kier molecular flexibility index (Phi) is 5.24. The quantitative estimate of drug-likeness (QED) is 0.650. The fourth-order valence-electron chi connectivity index (χ4n) is 3.58. The number of halogens is 1. The summed E-state index contributed by atoms with van der Waals surface area (Å²) in [6.45, 7) is 4.31. The Morgan fingerprint density at radius 3 is 2.79 bits per heavy atom. The molecular formula is C21H21FN4O3. The molecule has 1 unspecified atom stereocenters. The largest absolute Gasteiger partial charge is 0.437 e. The van der Waals surface area contributed by atoms with Crippen molar-refractivity contribution >= 4 is 5.91 Å². The molecule has 1 aliphatic heterocycles. The SMILES string of the molecule is Cc1noc(C)c1CC(=O)N1CCCC1c1cncc(Oc2ccc(F)cc2)n1. The molecular weight excluding hydrogens is 375 g/mol. The summed E-state index contributed by atoms with van der Waals surface area (Å²) >= 11 is 0. The average molecular weight is 396 g/mol. The summed E-state index contributed by atoms with van der Waals surface area (Å²) in [4.78, 5) is 23.5. The van der Waals surface area contributed by atoms with Crippen molar-refractivity contribution in [1.82, 2.24) is 20.0 Å². The second kappa shape index (κ2) is 7.98. The molecule has 1 fully saturated rings. The van der Waals surface area contributed by atoms with Crippen LogP contribution < -0.4 is 4.74 Å². The Morgan fingerprint density at radius 2 is 2.07 bits per heavy atom. The van der Waals surface area contributed by atoms with Gasteiger partial charge in [-0.15, -0.1) is 0 Å². The molecule has 1 saturated heterocycles. The topological polar surface area (TPSA) is 81.4 Å². The third-order valence-electron chi connectivity index (χ3n) is 5.09. The summed E-state index contributed by atoms with van der Waals surface area (Å²) in [5, 5.41) is 3.92. The maximum absolute atomic E-state index is 13.1. The second-order valence-corrected chi connectivity index (χ2v) is 7.06. The molecule has 29 heavy (non-hydrogen) atoms. The van der Waals surface area contributed by atoms with Crippen LogP contribution in [0.5, 0.6) is 11.6 Å². The predicted octanol–water partition coefficient (Wildman–Crippen LogP) is 3.92. The van der Waals surface area contributed by atoms with E-state index in [2.05, 4.69) is 15.1 Å². The fourth-order valence-corrected chi connectivity index (χ4v) is 3.58. The van der Waals surface area contributed by atoms with Crippen LogP contribution in [0, 0.1) is 19.7 Å². The van der Waals surface area contributed by atoms with Crippen molar-refractivity contribution in [2.75, 3.05) is 6.54 Å². The molecule has 3 heterocycles. The normalized spacial score (nSPS) is 16.2. The van der Waals surface area contributed by atoms with Crippen LogP contribution in [0.15, 0.2) is 41.2 Å². The number of nitrogens with zero attached hydrogens (tertiary/aromatic N) is 4. The lowest BCUT2D eigenvalue weighted by Crippen LogP contribution is -2.32. The third-order valence-corrected chi connectivity index (χ3v) is 5.09. The van der Waals surface area contributed by atoms with Gasteiger partial charge in [0.25, 0.3) is 0 Å². The molecule has 0 aliphatic carbocycles. The van der Waals surface area contributed by atoms with Crippen LogP contribution in [-0.2, 0) is 11.2 Å². The van der Waals surface area contributed by atoms with Crippen molar-refractivity contribution in [3.05, 3.63) is 65.2 Å². The average Bonchev–Trinajstić information content (AvgIpc) is 3.32. The van der Waals surface area contributed by atoms with Gasteiger partial charge in [0.2, 0.25) is 11.8 Å². The third kappa shape index (κ3) is 4.11. The Morgan fingerprint density at radius 1 is 1.28 bits per heavy atom. The van der Waals surface area contributed by atoms with Crippen molar-refractivity contribution in [3.63, 3.8) is 0 Å². The van der Waals surface area contributed by atoms with Gasteiger partial charge in [0.15, 0.2) is 0 Å². The molecule has 150 valence electrons. The van der Waals surface area contributed by atoms with Crippen LogP contribution in [0.3, 0.4) is 0 Å². The second-order valence-electron chi connectivity index (χ2n) is 7.06. The number of aryl methyl sites for hydroxylation is 2. The minimum Gasteiger partial charge on any atom is -0.437 e. The highest BCUT2D eigenvalue weighted by Crippen LogP contribution is 2.32. The van der Waals surface area contributed by atoms with E-state index >= 15 is 0 Å². The van der Waals surface area contributed by atoms with Gasteiger partial charge in [-0.1, -0.05) is 5.16 Å². The number of likely N-dealkylation sites (tertiary alicyclic amines) is 1. The van der Waals surface area contributed by atoms with Gasteiger partial charge in [-0.25, -0.2) is 9.37 Å². The van der Waals surface area contributed by atoms with Crippen LogP contribution in [0.1, 0.15) is 41.6 Å². The van der Waals surface area contributed by atoms with Gasteiger partial charge < -0.3 is 14.2 Å². The van der Waals surface area contributed by atoms with E-state index in [1.54, 1.807) is 6.20 Å². The van der Waals surface area contributed by atoms with Crippen LogP contribution in [0.2, 0.25) is 0 Å². The highest BCUT2D eigenvalue weighted by molar-refractivity contribution is 5.80. The highest BCUT2D eigenvalue weighted by atomic mass is 19.1. The summed E-state index contributed by atoms with van der Waals surface area (Å²) in [5.74, 6) is 1.11. The number of rotatable bonds is 5. The highest BCUT2D eigenvalue weighted by Gasteiger charge is 2.32. The van der Waals surface area contributed by atoms with Gasteiger partial charge in [0, 0.05) is 12.1 Å². The Hall–Kier alpha value is -3.29. The Labute approximate surface area is 167 Å². The smallest absolute Gasteiger partial charge is 0.238 e. The molecule has 0 spiro atoms. The van der Waals surface area contributed by atoms with Gasteiger partial charge in [0.1, 0.15) is 17.3 Å². The van der Waals surface area contributed by atoms with Crippen LogP contribution in [0.4, 0.5) is 4.39 Å². The Balaban J connectivity index is 1.51. The molecule has 1 aliphatic rings. The molecule has 0 saturated carbocycles. The zero-order valence-corrected chi connectivity index (χ0v) is 16.3. The first-order valence-electron chi connectivity index (χ1n) is 9.48. The minimum absolute atomic E-state index is 0.00792. The fraction of sp³-hybridized carbons (Fsp3) is 0.333. The number of aromatic nitrogens is 3. The summed E-state index contributed by atoms with van der Waals surface area (Å²) in [6.07, 6.45) is 5.10. The number of ether oxygens (including phenoxy) is 1. The number of carbonyl (C=O) groups excluding carboxylic acids is 1. The van der Waals surface area contributed by atoms with Gasteiger partial charge in [-0.3, -0.25) is 9.78 Å². The summed E-state index contributed by atoms with van der Waals surface area (Å²) < 4.78 is 23.9. The monoisotopic (exact) mass is 396 g/mol. The van der Waals surface area contributed by atoms with E-state index in [4.69, 9.17) is 9.26 Å². The lowest BCUT2D eigenvalue weighted by Gasteiger charge is -2.24. The standard InChI is InChI=1S/C21H21FN4O3/c1-13-17(14(2)29-25-13)10-21(27)26-9-3-4-19(26)18-11-23-12-20(24-18)28-16-7-5-15(22)6-8-16/h5-8,11-12,19H,3-4,9-10H2,1-2H3. The van der Waals surface area contributed by atoms with E-state index in [9.17, 15) is 9.18 Å². The first-order valence-corrected chi connectivity index (χ1v) is 9.48. The van der Waals surface area contributed by atoms with E-state index in [-0.39, 0.29) is 24.2 Å². The van der Waals surface area contributed by atoms with Gasteiger partial charge in [0.05, 0.1) is 36.2 Å². The van der Waals surface area contributed by atoms with Crippen molar-refractivity contribution in [1.29, 1.82) is 0 Å². The number of hydrogen-bond acceptors (Lipinski definition) is 6. The molecule has 8 heteroatoms. The number of carbonyl (C=O) groups is 1. The molecule has 7 nitrogen and oxygen atoms in total. The number of benzene rings is 1. The van der Waals surface area contributed by atoms with Crippen LogP contribution in [0.25, 0.3) is 0 Å². The lowest BCUT2D eigenvalue weighted by molar-refractivity contribution is -0.131. The first-order chi connectivity index (χ1) is 14.0. The first kappa shape index (κ1) is 19.0. The van der Waals surface area contributed by atoms with E-state index < -0.39 is 0 Å². The van der Waals surface area contributed by atoms with Crippen molar-refractivity contribution in [2.45, 2.75) is 39.2 Å². The molecule has 4 rings (SSSR count). The maximum atomic E-state index is 13.1. The van der Waals surface area contributed by atoms with E-state index in [1.807, 2.05) is 18.7 Å². The summed E-state index contributed by atoms with van der Waals surface area (Å²) in [6, 6.07) is 5.53. The van der Waals surface area contributed by atoms with Gasteiger partial charge >= 0.3 is 0 Å². The van der Waals surface area contributed by atoms with Gasteiger partial charge in [-0.05, 0) is 51.0 Å². The minimum atomic E-state index is -0.337. The van der Waals surface area contributed by atoms with E-state index in [0.29, 0.717) is 29.6 Å². The Bertz CT molecular complexity index is 1000. The zero-order valence-electron chi connectivity index (χ0n) is 16.3. The molecule has 0 radical (unpaired) electrons. The molecule has 0 bridgehead atoms. The molecule has 1 amide bonds. The van der Waals surface area contributed by atoms with Crippen molar-refractivity contribution in [2.24, 2.45) is 0 Å². The molecule has 1 aromatic carbocycles. The van der Waals surface area contributed by atoms with E-state index in [1.165, 1.54) is 30.5 Å². The maximum Gasteiger partial charge on any atom is 0.238 e. The van der Waals surface area contributed by atoms with Crippen molar-refractivity contribution in [3.8, 4) is 11.6 Å². The van der Waals surface area contributed by atoms with Crippen molar-refractivity contribution < 1.29 is 18.4 Å². The molecule has 3 aromatic rings. The molecule has 2 aromatic heterocycles. The van der Waals surface area contributed by atoms with Crippen LogP contribution >= 0.6 is 0 Å². The predicted molar refractivity (Wildman–Crippen MR) is 102 cm³/mol. The van der Waals surface area contributed by atoms with Gasteiger partial charge in [-0.2, -0.15) is 0 Å². The lowest BCUT2D eigenvalue weighted by atomic mass is 10.1. The number of amides is 1. The zero-order chi connectivity index (χ0) is 20.4. The molecule has 1 atom stereocenters. The number of hydrogen-bond donors (Lipinski definition) is 0. The van der Waals surface area contributed by atoms with E-state index in [0.717, 1.165) is 24.1 Å². The summed E-state index contributed by atoms with van der Waals surface area (Å²) in [5.41, 5.74) is 2.25. The molecule has 0 N–H and O–H groups in total.